The van der Waals surface area contributed by atoms with Gasteiger partial charge in [-0.15, -0.1) is 0 Å². The van der Waals surface area contributed by atoms with Crippen LogP contribution in [0.4, 0.5) is 10.6 Å². The Morgan fingerprint density at radius 3 is 2.46 bits per heavy atom. The first-order chi connectivity index (χ1) is 11.8. The third-order valence-electron chi connectivity index (χ3n) is 3.58. The van der Waals surface area contributed by atoms with E-state index in [1.54, 1.807) is 6.07 Å². The summed E-state index contributed by atoms with van der Waals surface area (Å²) in [6.45, 7) is 0.601. The number of carbonyl (C=O) groups is 1. The zero-order valence-electron chi connectivity index (χ0n) is 13.2. The van der Waals surface area contributed by atoms with Crippen LogP contribution in [-0.4, -0.2) is 17.7 Å². The number of nitrogens with one attached hydrogen (secondary N) is 2. The largest absolute Gasteiger partial charge is 0.354 e. The fraction of sp³-hybridized carbons (Fsp3) is 0.158. The van der Waals surface area contributed by atoms with E-state index in [9.17, 15) is 4.79 Å². The lowest BCUT2D eigenvalue weighted by Crippen LogP contribution is -2.29. The summed E-state index contributed by atoms with van der Waals surface area (Å²) < 4.78 is 5.24. The van der Waals surface area contributed by atoms with Crippen LogP contribution in [0.2, 0.25) is 0 Å². The number of carbonyl (C=O) groups excluding carboxylic acids is 1. The normalized spacial score (nSPS) is 10.3. The topological polar surface area (TPSA) is 67.2 Å². The van der Waals surface area contributed by atoms with Gasteiger partial charge in [-0.2, -0.15) is 0 Å². The number of hydrogen-bond donors (Lipinski definition) is 2. The number of rotatable bonds is 6. The minimum atomic E-state index is -0.282. The highest BCUT2D eigenvalue weighted by Crippen LogP contribution is 2.21. The zero-order chi connectivity index (χ0) is 16.6. The van der Waals surface area contributed by atoms with Gasteiger partial charge in [0.2, 0.25) is 0 Å². The summed E-state index contributed by atoms with van der Waals surface area (Å²) in [6.07, 6.45) is 1.81. The van der Waals surface area contributed by atoms with E-state index < -0.39 is 0 Å². The number of anilines is 1. The second-order valence-electron chi connectivity index (χ2n) is 5.41. The van der Waals surface area contributed by atoms with E-state index in [2.05, 4.69) is 27.9 Å². The summed E-state index contributed by atoms with van der Waals surface area (Å²) >= 11 is 0. The second-order valence-corrected chi connectivity index (χ2v) is 5.41. The van der Waals surface area contributed by atoms with Gasteiger partial charge in [0.25, 0.3) is 0 Å². The molecule has 0 saturated carbocycles. The predicted octanol–water partition coefficient (Wildman–Crippen LogP) is 4.10. The SMILES string of the molecule is O=C(NCCCc1ccccc1)Nc1cc(-c2ccccc2)on1. The molecule has 5 heteroatoms. The lowest BCUT2D eigenvalue weighted by Gasteiger charge is -2.05. The molecule has 1 heterocycles. The minimum absolute atomic E-state index is 0.282. The molecule has 1 aromatic heterocycles. The Balaban J connectivity index is 1.43. The van der Waals surface area contributed by atoms with Crippen molar-refractivity contribution in [2.24, 2.45) is 0 Å². The first-order valence-corrected chi connectivity index (χ1v) is 7.92. The highest BCUT2D eigenvalue weighted by Gasteiger charge is 2.08. The summed E-state index contributed by atoms with van der Waals surface area (Å²) in [5, 5.41) is 9.36. The van der Waals surface area contributed by atoms with Gasteiger partial charge in [-0.25, -0.2) is 4.79 Å². The van der Waals surface area contributed by atoms with E-state index in [4.69, 9.17) is 4.52 Å². The Labute approximate surface area is 140 Å². The molecule has 3 aromatic rings. The number of aromatic nitrogens is 1. The van der Waals surface area contributed by atoms with Crippen LogP contribution in [-0.2, 0) is 6.42 Å². The molecule has 122 valence electrons. The Hall–Kier alpha value is -3.08. The third-order valence-corrected chi connectivity index (χ3v) is 3.58. The summed E-state index contributed by atoms with van der Waals surface area (Å²) in [6, 6.07) is 21.3. The number of benzene rings is 2. The lowest BCUT2D eigenvalue weighted by atomic mass is 10.1. The molecule has 0 atom stereocenters. The Bertz CT molecular complexity index is 770. The van der Waals surface area contributed by atoms with E-state index in [1.807, 2.05) is 48.5 Å². The lowest BCUT2D eigenvalue weighted by molar-refractivity contribution is 0.251. The Morgan fingerprint density at radius 2 is 1.71 bits per heavy atom. The van der Waals surface area contributed by atoms with Crippen molar-refractivity contribution in [1.82, 2.24) is 10.5 Å². The molecule has 0 aliphatic heterocycles. The molecule has 0 bridgehead atoms. The van der Waals surface area contributed by atoms with Gasteiger partial charge in [0.1, 0.15) is 0 Å². The number of aryl methyl sites for hydroxylation is 1. The fourth-order valence-electron chi connectivity index (χ4n) is 2.37. The molecule has 3 rings (SSSR count). The zero-order valence-corrected chi connectivity index (χ0v) is 13.2. The molecule has 0 spiro atoms. The molecule has 0 aliphatic rings. The fourth-order valence-corrected chi connectivity index (χ4v) is 2.37. The first-order valence-electron chi connectivity index (χ1n) is 7.92. The average molecular weight is 321 g/mol. The van der Waals surface area contributed by atoms with Gasteiger partial charge < -0.3 is 9.84 Å². The second kappa shape index (κ2) is 7.97. The highest BCUT2D eigenvalue weighted by molar-refractivity contribution is 5.88. The van der Waals surface area contributed by atoms with E-state index in [0.29, 0.717) is 18.1 Å². The van der Waals surface area contributed by atoms with Gasteiger partial charge in [0.05, 0.1) is 0 Å². The van der Waals surface area contributed by atoms with Crippen LogP contribution >= 0.6 is 0 Å². The molecule has 2 N–H and O–H groups in total. The molecule has 0 unspecified atom stereocenters. The average Bonchev–Trinajstić information content (AvgIpc) is 3.09. The van der Waals surface area contributed by atoms with Crippen LogP contribution in [0.3, 0.4) is 0 Å². The van der Waals surface area contributed by atoms with Gasteiger partial charge in [0, 0.05) is 18.2 Å². The van der Waals surface area contributed by atoms with Crippen molar-refractivity contribution in [3.05, 3.63) is 72.3 Å². The van der Waals surface area contributed by atoms with E-state index in [0.717, 1.165) is 18.4 Å². The maximum atomic E-state index is 11.9. The smallest absolute Gasteiger partial charge is 0.320 e. The van der Waals surface area contributed by atoms with Crippen molar-refractivity contribution in [1.29, 1.82) is 0 Å². The van der Waals surface area contributed by atoms with Crippen LogP contribution in [0.5, 0.6) is 0 Å². The van der Waals surface area contributed by atoms with Crippen LogP contribution in [0.15, 0.2) is 71.3 Å². The van der Waals surface area contributed by atoms with Gasteiger partial charge in [0.15, 0.2) is 11.6 Å². The maximum absolute atomic E-state index is 11.9. The summed E-state index contributed by atoms with van der Waals surface area (Å²) in [4.78, 5) is 11.9. The van der Waals surface area contributed by atoms with Crippen molar-refractivity contribution in [3.8, 4) is 11.3 Å². The predicted molar refractivity (Wildman–Crippen MR) is 93.7 cm³/mol. The first kappa shape index (κ1) is 15.8. The van der Waals surface area contributed by atoms with Crippen LogP contribution in [0, 0.1) is 0 Å². The van der Waals surface area contributed by atoms with Gasteiger partial charge in [-0.1, -0.05) is 65.8 Å². The van der Waals surface area contributed by atoms with E-state index >= 15 is 0 Å². The van der Waals surface area contributed by atoms with Crippen molar-refractivity contribution in [3.63, 3.8) is 0 Å². The van der Waals surface area contributed by atoms with Crippen molar-refractivity contribution >= 4 is 11.8 Å². The number of hydrogen-bond acceptors (Lipinski definition) is 3. The third kappa shape index (κ3) is 4.46. The minimum Gasteiger partial charge on any atom is -0.354 e. The van der Waals surface area contributed by atoms with Gasteiger partial charge in [-0.05, 0) is 18.4 Å². The molecule has 5 nitrogen and oxygen atoms in total. The summed E-state index contributed by atoms with van der Waals surface area (Å²) in [5.41, 5.74) is 2.19. The number of urea groups is 1. The number of amides is 2. The van der Waals surface area contributed by atoms with Crippen LogP contribution in [0.1, 0.15) is 12.0 Å². The molecular weight excluding hydrogens is 302 g/mol. The van der Waals surface area contributed by atoms with Crippen molar-refractivity contribution < 1.29 is 9.32 Å². The van der Waals surface area contributed by atoms with E-state index in [-0.39, 0.29) is 6.03 Å². The molecular formula is C19H19N3O2. The Morgan fingerprint density at radius 1 is 1.00 bits per heavy atom. The maximum Gasteiger partial charge on any atom is 0.320 e. The van der Waals surface area contributed by atoms with Gasteiger partial charge >= 0.3 is 6.03 Å². The number of nitrogens with zero attached hydrogens (tertiary/aromatic N) is 1. The van der Waals surface area contributed by atoms with Crippen molar-refractivity contribution in [2.75, 3.05) is 11.9 Å². The molecule has 0 fully saturated rings. The molecule has 0 aliphatic carbocycles. The molecule has 0 radical (unpaired) electrons. The van der Waals surface area contributed by atoms with Crippen molar-refractivity contribution in [2.45, 2.75) is 12.8 Å². The highest BCUT2D eigenvalue weighted by atomic mass is 16.5. The molecule has 2 aromatic carbocycles. The van der Waals surface area contributed by atoms with Crippen LogP contribution in [0.25, 0.3) is 11.3 Å². The molecule has 2 amide bonds. The standard InChI is InChI=1S/C19H19N3O2/c23-19(20-13-7-10-15-8-3-1-4-9-15)21-18-14-17(24-22-18)16-11-5-2-6-12-16/h1-6,8-9,11-12,14H,7,10,13H2,(H2,20,21,22,23). The summed E-state index contributed by atoms with van der Waals surface area (Å²) in [7, 11) is 0. The molecule has 0 saturated heterocycles. The summed E-state index contributed by atoms with van der Waals surface area (Å²) in [5.74, 6) is 1.02. The molecule has 24 heavy (non-hydrogen) atoms. The Kier molecular flexibility index (Phi) is 5.24. The van der Waals surface area contributed by atoms with Crippen LogP contribution < -0.4 is 10.6 Å². The quantitative estimate of drug-likeness (QED) is 0.672. The van der Waals surface area contributed by atoms with Gasteiger partial charge in [-0.3, -0.25) is 5.32 Å². The monoisotopic (exact) mass is 321 g/mol. The van der Waals surface area contributed by atoms with E-state index in [1.165, 1.54) is 5.56 Å².